The quantitative estimate of drug-likeness (QED) is 0.532. The molecule has 23 heavy (non-hydrogen) atoms. The second-order valence-electron chi connectivity index (χ2n) is 8.71. The number of hydrogen-bond acceptors (Lipinski definition) is 4. The third-order valence-electron chi connectivity index (χ3n) is 7.88. The van der Waals surface area contributed by atoms with Gasteiger partial charge in [-0.3, -0.25) is 4.79 Å². The molecule has 0 saturated heterocycles. The summed E-state index contributed by atoms with van der Waals surface area (Å²) in [6, 6.07) is 0. The van der Waals surface area contributed by atoms with Crippen molar-refractivity contribution in [2.75, 3.05) is 0 Å². The molecule has 0 amide bonds. The Balaban J connectivity index is 1.77. The van der Waals surface area contributed by atoms with Gasteiger partial charge >= 0.3 is 0 Å². The van der Waals surface area contributed by atoms with Gasteiger partial charge in [0.15, 0.2) is 5.78 Å². The highest BCUT2D eigenvalue weighted by atomic mass is 16.4. The first-order valence-corrected chi connectivity index (χ1v) is 9.04. The van der Waals surface area contributed by atoms with Crippen molar-refractivity contribution < 1.29 is 15.1 Å². The lowest BCUT2D eigenvalue weighted by molar-refractivity contribution is -0.117. The first kappa shape index (κ1) is 15.4. The molecule has 0 spiro atoms. The van der Waals surface area contributed by atoms with Gasteiger partial charge in [-0.25, -0.2) is 0 Å². The number of ketones is 1. The van der Waals surface area contributed by atoms with Gasteiger partial charge in [-0.1, -0.05) is 19.0 Å². The van der Waals surface area contributed by atoms with E-state index in [1.165, 1.54) is 0 Å². The van der Waals surface area contributed by atoms with Crippen LogP contribution in [0.25, 0.3) is 0 Å². The topological polar surface area (TPSA) is 69.9 Å². The Morgan fingerprint density at radius 2 is 1.96 bits per heavy atom. The van der Waals surface area contributed by atoms with E-state index in [1.807, 2.05) is 0 Å². The molecule has 2 N–H and O–H groups in total. The Labute approximate surface area is 137 Å². The van der Waals surface area contributed by atoms with E-state index in [1.54, 1.807) is 6.08 Å². The molecule has 3 unspecified atom stereocenters. The lowest BCUT2D eigenvalue weighted by Gasteiger charge is -2.57. The van der Waals surface area contributed by atoms with Gasteiger partial charge in [-0.2, -0.15) is 0 Å². The molecule has 0 radical (unpaired) electrons. The highest BCUT2D eigenvalue weighted by Crippen LogP contribution is 2.64. The van der Waals surface area contributed by atoms with Crippen molar-refractivity contribution in [3.63, 3.8) is 0 Å². The summed E-state index contributed by atoms with van der Waals surface area (Å²) in [5, 5.41) is 23.6. The number of aliphatic hydroxyl groups excluding tert-OH is 1. The fourth-order valence-corrected chi connectivity index (χ4v) is 6.48. The first-order valence-electron chi connectivity index (χ1n) is 9.04. The van der Waals surface area contributed by atoms with Gasteiger partial charge in [0.05, 0.1) is 11.8 Å². The second kappa shape index (κ2) is 4.92. The average Bonchev–Trinajstić information content (AvgIpc) is 2.83. The van der Waals surface area contributed by atoms with E-state index >= 15 is 0 Å². The normalized spacial score (nSPS) is 51.0. The molecule has 0 aromatic rings. The fourth-order valence-electron chi connectivity index (χ4n) is 6.48. The van der Waals surface area contributed by atoms with Crippen LogP contribution < -0.4 is 0 Å². The molecule has 0 aromatic carbocycles. The summed E-state index contributed by atoms with van der Waals surface area (Å²) in [6.45, 7) is 4.51. The number of oxime groups is 1. The highest BCUT2D eigenvalue weighted by molar-refractivity contribution is 6.08. The van der Waals surface area contributed by atoms with Crippen molar-refractivity contribution in [3.05, 3.63) is 11.6 Å². The van der Waals surface area contributed by atoms with Gasteiger partial charge in [0, 0.05) is 6.42 Å². The Hall–Kier alpha value is -1.16. The first-order chi connectivity index (χ1) is 10.9. The monoisotopic (exact) mass is 317 g/mol. The number of aliphatic hydroxyl groups is 1. The molecule has 4 rings (SSSR count). The lowest BCUT2D eigenvalue weighted by atomic mass is 9.47. The SMILES string of the molecule is C[C@]12CCC(=O)C=C1/C(=N/O)CC1C2CC[C@@]2(C)C1CC[C@@H]2O. The Morgan fingerprint density at radius 3 is 2.70 bits per heavy atom. The number of fused-ring (bicyclic) bond motifs is 5. The predicted octanol–water partition coefficient (Wildman–Crippen LogP) is 3.32. The van der Waals surface area contributed by atoms with Crippen molar-refractivity contribution >= 4 is 11.5 Å². The van der Waals surface area contributed by atoms with E-state index in [-0.39, 0.29) is 22.7 Å². The van der Waals surface area contributed by atoms with Crippen molar-refractivity contribution in [3.8, 4) is 0 Å². The Kier molecular flexibility index (Phi) is 3.29. The third-order valence-corrected chi connectivity index (χ3v) is 7.88. The summed E-state index contributed by atoms with van der Waals surface area (Å²) in [6.07, 6.45) is 7.92. The van der Waals surface area contributed by atoms with Crippen molar-refractivity contribution in [1.29, 1.82) is 0 Å². The minimum Gasteiger partial charge on any atom is -0.411 e. The Bertz CT molecular complexity index is 610. The van der Waals surface area contributed by atoms with Crippen LogP contribution in [-0.4, -0.2) is 27.9 Å². The van der Waals surface area contributed by atoms with E-state index in [4.69, 9.17) is 0 Å². The maximum absolute atomic E-state index is 11.9. The Morgan fingerprint density at radius 1 is 1.17 bits per heavy atom. The third kappa shape index (κ3) is 1.93. The van der Waals surface area contributed by atoms with Crippen molar-refractivity contribution in [2.24, 2.45) is 33.7 Å². The standard InChI is InChI=1S/C19H27NO3/c1-18-7-5-11(21)9-15(18)16(20-23)10-12-13-3-4-17(22)19(13,2)8-6-14(12)18/h9,12-14,17,22-23H,3-8,10H2,1-2H3/b20-16+/t12?,13?,14?,17-,18+,19-/m0/s1. The maximum atomic E-state index is 11.9. The summed E-state index contributed by atoms with van der Waals surface area (Å²) in [5.41, 5.74) is 1.67. The largest absolute Gasteiger partial charge is 0.411 e. The zero-order chi connectivity index (χ0) is 16.4. The molecule has 3 saturated carbocycles. The molecular weight excluding hydrogens is 290 g/mol. The molecule has 4 aliphatic rings. The minimum absolute atomic E-state index is 0.0177. The summed E-state index contributed by atoms with van der Waals surface area (Å²) >= 11 is 0. The molecule has 4 aliphatic carbocycles. The molecule has 6 atom stereocenters. The summed E-state index contributed by atoms with van der Waals surface area (Å²) in [7, 11) is 0. The summed E-state index contributed by atoms with van der Waals surface area (Å²) in [4.78, 5) is 11.9. The van der Waals surface area contributed by atoms with Crippen LogP contribution in [-0.2, 0) is 4.79 Å². The molecule has 126 valence electrons. The second-order valence-corrected chi connectivity index (χ2v) is 8.71. The van der Waals surface area contributed by atoms with Gasteiger partial charge in [0.2, 0.25) is 0 Å². The van der Waals surface area contributed by atoms with Crippen LogP contribution in [0.3, 0.4) is 0 Å². The van der Waals surface area contributed by atoms with Crippen LogP contribution in [0.1, 0.15) is 58.8 Å². The predicted molar refractivity (Wildman–Crippen MR) is 87.3 cm³/mol. The van der Waals surface area contributed by atoms with Gasteiger partial charge in [0.1, 0.15) is 0 Å². The van der Waals surface area contributed by atoms with Gasteiger partial charge in [-0.15, -0.1) is 0 Å². The van der Waals surface area contributed by atoms with Crippen molar-refractivity contribution in [1.82, 2.24) is 0 Å². The van der Waals surface area contributed by atoms with Gasteiger partial charge in [0.25, 0.3) is 0 Å². The minimum atomic E-state index is -0.194. The highest BCUT2D eigenvalue weighted by Gasteiger charge is 2.60. The molecule has 0 heterocycles. The van der Waals surface area contributed by atoms with Gasteiger partial charge < -0.3 is 10.3 Å². The van der Waals surface area contributed by atoms with Gasteiger partial charge in [-0.05, 0) is 78.8 Å². The van der Waals surface area contributed by atoms with Crippen LogP contribution in [0.5, 0.6) is 0 Å². The zero-order valence-electron chi connectivity index (χ0n) is 14.1. The van der Waals surface area contributed by atoms with Crippen LogP contribution in [0.15, 0.2) is 16.8 Å². The van der Waals surface area contributed by atoms with E-state index in [0.717, 1.165) is 44.1 Å². The summed E-state index contributed by atoms with van der Waals surface area (Å²) < 4.78 is 0. The molecule has 4 nitrogen and oxygen atoms in total. The van der Waals surface area contributed by atoms with E-state index in [2.05, 4.69) is 19.0 Å². The number of rotatable bonds is 0. The maximum Gasteiger partial charge on any atom is 0.156 e. The van der Waals surface area contributed by atoms with E-state index < -0.39 is 0 Å². The van der Waals surface area contributed by atoms with Crippen LogP contribution in [0.2, 0.25) is 0 Å². The lowest BCUT2D eigenvalue weighted by Crippen LogP contribution is -2.53. The number of carbonyl (C=O) groups excluding carboxylic acids is 1. The number of allylic oxidation sites excluding steroid dienone is 1. The van der Waals surface area contributed by atoms with Crippen molar-refractivity contribution in [2.45, 2.75) is 64.9 Å². The smallest absolute Gasteiger partial charge is 0.156 e. The van der Waals surface area contributed by atoms with Crippen LogP contribution in [0, 0.1) is 28.6 Å². The molecule has 3 fully saturated rings. The van der Waals surface area contributed by atoms with Crippen LogP contribution >= 0.6 is 0 Å². The zero-order valence-corrected chi connectivity index (χ0v) is 14.1. The fraction of sp³-hybridized carbons (Fsp3) is 0.789. The number of carbonyl (C=O) groups is 1. The molecular formula is C19H27NO3. The van der Waals surface area contributed by atoms with Crippen LogP contribution in [0.4, 0.5) is 0 Å². The number of nitrogens with zero attached hydrogens (tertiary/aromatic N) is 1. The average molecular weight is 317 g/mol. The van der Waals surface area contributed by atoms with E-state index in [9.17, 15) is 15.1 Å². The molecule has 0 bridgehead atoms. The molecule has 0 aliphatic heterocycles. The molecule has 0 aromatic heterocycles. The summed E-state index contributed by atoms with van der Waals surface area (Å²) in [5.74, 6) is 1.67. The number of hydrogen-bond donors (Lipinski definition) is 2. The van der Waals surface area contributed by atoms with E-state index in [0.29, 0.717) is 29.9 Å². The molecule has 4 heteroatoms.